The van der Waals surface area contributed by atoms with Crippen molar-refractivity contribution in [1.29, 1.82) is 0 Å². The Hall–Kier alpha value is -3.23. The van der Waals surface area contributed by atoms with Crippen LogP contribution in [-0.2, 0) is 19.1 Å². The average Bonchev–Trinajstić information content (AvgIpc) is 2.83. The predicted molar refractivity (Wildman–Crippen MR) is 84.5 cm³/mol. The molecule has 0 spiro atoms. The molecule has 0 unspecified atom stereocenters. The number of likely N-dealkylation sites (N-methyl/N-ethyl adjacent to an activating group) is 1. The Kier molecular flexibility index (Phi) is 5.48. The Morgan fingerprint density at radius 3 is 2.16 bits per heavy atom. The highest BCUT2D eigenvalue weighted by Crippen LogP contribution is 2.21. The monoisotopic (exact) mass is 347 g/mol. The summed E-state index contributed by atoms with van der Waals surface area (Å²) in [5, 5.41) is 2.29. The van der Waals surface area contributed by atoms with Gasteiger partial charge < -0.3 is 15.0 Å². The van der Waals surface area contributed by atoms with Gasteiger partial charge in [-0.15, -0.1) is 0 Å². The number of imide groups is 1. The summed E-state index contributed by atoms with van der Waals surface area (Å²) >= 11 is 0. The zero-order valence-corrected chi connectivity index (χ0v) is 13.8. The number of carbonyl (C=O) groups excluding carboxylic acids is 5. The molecule has 1 aromatic rings. The lowest BCUT2D eigenvalue weighted by Crippen LogP contribution is -2.39. The van der Waals surface area contributed by atoms with Crippen molar-refractivity contribution in [2.75, 3.05) is 33.8 Å². The van der Waals surface area contributed by atoms with Crippen molar-refractivity contribution in [1.82, 2.24) is 15.1 Å². The van der Waals surface area contributed by atoms with Crippen LogP contribution in [0.2, 0.25) is 0 Å². The maximum Gasteiger partial charge on any atom is 0.326 e. The third-order valence-electron chi connectivity index (χ3n) is 3.47. The van der Waals surface area contributed by atoms with Gasteiger partial charge in [-0.05, 0) is 12.1 Å². The van der Waals surface area contributed by atoms with Gasteiger partial charge in [0.2, 0.25) is 5.91 Å². The number of carbonyl (C=O) groups is 5. The van der Waals surface area contributed by atoms with Gasteiger partial charge in [-0.1, -0.05) is 12.1 Å². The van der Waals surface area contributed by atoms with Crippen LogP contribution in [-0.4, -0.2) is 73.2 Å². The van der Waals surface area contributed by atoms with E-state index in [2.05, 4.69) is 5.32 Å². The van der Waals surface area contributed by atoms with Gasteiger partial charge in [0.25, 0.3) is 17.7 Å². The fraction of sp³-hybridized carbons (Fsp3) is 0.312. The summed E-state index contributed by atoms with van der Waals surface area (Å²) < 4.78 is 4.73. The van der Waals surface area contributed by atoms with E-state index in [0.717, 1.165) is 4.90 Å². The number of fused-ring (bicyclic) bond motifs is 1. The molecule has 0 bridgehead atoms. The minimum absolute atomic E-state index is 0.220. The average molecular weight is 347 g/mol. The molecule has 1 heterocycles. The molecule has 0 radical (unpaired) electrons. The highest BCUT2D eigenvalue weighted by atomic mass is 16.5. The van der Waals surface area contributed by atoms with Gasteiger partial charge in [0.05, 0.1) is 17.7 Å². The van der Waals surface area contributed by atoms with Crippen molar-refractivity contribution in [3.63, 3.8) is 0 Å². The van der Waals surface area contributed by atoms with E-state index in [9.17, 15) is 24.0 Å². The Morgan fingerprint density at radius 1 is 1.08 bits per heavy atom. The smallest absolute Gasteiger partial charge is 0.326 e. The lowest BCUT2D eigenvalue weighted by Gasteiger charge is -2.13. The summed E-state index contributed by atoms with van der Waals surface area (Å²) in [4.78, 5) is 60.9. The van der Waals surface area contributed by atoms with Gasteiger partial charge in [-0.25, -0.2) is 0 Å². The third kappa shape index (κ3) is 4.19. The maximum atomic E-state index is 12.1. The minimum Gasteiger partial charge on any atom is -0.454 e. The van der Waals surface area contributed by atoms with E-state index >= 15 is 0 Å². The maximum absolute atomic E-state index is 12.1. The van der Waals surface area contributed by atoms with Crippen LogP contribution in [0.5, 0.6) is 0 Å². The second-order valence-corrected chi connectivity index (χ2v) is 5.47. The van der Waals surface area contributed by atoms with E-state index in [4.69, 9.17) is 4.74 Å². The summed E-state index contributed by atoms with van der Waals surface area (Å²) in [5.41, 5.74) is 0.445. The Bertz CT molecular complexity index is 708. The normalized spacial score (nSPS) is 12.6. The Morgan fingerprint density at radius 2 is 1.64 bits per heavy atom. The first-order valence-electron chi connectivity index (χ1n) is 7.39. The number of amides is 4. The van der Waals surface area contributed by atoms with Gasteiger partial charge in [-0.2, -0.15) is 0 Å². The van der Waals surface area contributed by atoms with Crippen molar-refractivity contribution < 1.29 is 28.7 Å². The molecule has 0 fully saturated rings. The first-order valence-corrected chi connectivity index (χ1v) is 7.39. The molecule has 4 amide bonds. The minimum atomic E-state index is -0.899. The number of hydrogen-bond donors (Lipinski definition) is 1. The molecule has 1 aliphatic heterocycles. The standard InChI is InChI=1S/C16H17N3O6/c1-18(2)13(21)7-17-12(20)9-25-14(22)8-19-15(23)10-5-3-4-6-11(10)16(19)24/h3-6H,7-9H2,1-2H3,(H,17,20). The summed E-state index contributed by atoms with van der Waals surface area (Å²) in [7, 11) is 3.08. The van der Waals surface area contributed by atoms with Gasteiger partial charge in [0, 0.05) is 14.1 Å². The van der Waals surface area contributed by atoms with E-state index in [1.54, 1.807) is 12.1 Å². The van der Waals surface area contributed by atoms with E-state index in [-0.39, 0.29) is 23.6 Å². The van der Waals surface area contributed by atoms with Gasteiger partial charge >= 0.3 is 5.97 Å². The highest BCUT2D eigenvalue weighted by molar-refractivity contribution is 6.22. The summed E-state index contributed by atoms with van der Waals surface area (Å²) in [5.74, 6) is -3.04. The summed E-state index contributed by atoms with van der Waals surface area (Å²) in [6.07, 6.45) is 0. The number of hydrogen-bond acceptors (Lipinski definition) is 6. The molecule has 9 nitrogen and oxygen atoms in total. The molecule has 0 atom stereocenters. The molecule has 132 valence electrons. The molecule has 0 saturated carbocycles. The molecule has 0 aliphatic carbocycles. The number of ether oxygens (including phenoxy) is 1. The molecule has 0 aromatic heterocycles. The largest absolute Gasteiger partial charge is 0.454 e. The molecule has 1 N–H and O–H groups in total. The van der Waals surface area contributed by atoms with Crippen molar-refractivity contribution in [3.05, 3.63) is 35.4 Å². The SMILES string of the molecule is CN(C)C(=O)CNC(=O)COC(=O)CN1C(=O)c2ccccc2C1=O. The lowest BCUT2D eigenvalue weighted by molar-refractivity contribution is -0.148. The Labute approximate surface area is 143 Å². The highest BCUT2D eigenvalue weighted by Gasteiger charge is 2.36. The zero-order valence-electron chi connectivity index (χ0n) is 13.8. The molecule has 1 aliphatic rings. The summed E-state index contributed by atoms with van der Waals surface area (Å²) in [6, 6.07) is 6.22. The number of rotatable bonds is 6. The Balaban J connectivity index is 1.82. The molecule has 0 saturated heterocycles. The van der Waals surface area contributed by atoms with Crippen LogP contribution in [0.4, 0.5) is 0 Å². The number of nitrogens with one attached hydrogen (secondary N) is 1. The molecule has 9 heteroatoms. The topological polar surface area (TPSA) is 113 Å². The fourth-order valence-corrected chi connectivity index (χ4v) is 2.09. The van der Waals surface area contributed by atoms with Crippen LogP contribution < -0.4 is 5.32 Å². The van der Waals surface area contributed by atoms with Crippen LogP contribution >= 0.6 is 0 Å². The van der Waals surface area contributed by atoms with Crippen molar-refractivity contribution in [2.24, 2.45) is 0 Å². The lowest BCUT2D eigenvalue weighted by atomic mass is 10.1. The van der Waals surface area contributed by atoms with E-state index < -0.39 is 36.8 Å². The van der Waals surface area contributed by atoms with Crippen LogP contribution in [0.3, 0.4) is 0 Å². The fourth-order valence-electron chi connectivity index (χ4n) is 2.09. The summed E-state index contributed by atoms with van der Waals surface area (Å²) in [6.45, 7) is -1.42. The van der Waals surface area contributed by atoms with Crippen LogP contribution in [0.25, 0.3) is 0 Å². The molecular weight excluding hydrogens is 330 g/mol. The zero-order chi connectivity index (χ0) is 18.6. The molecule has 25 heavy (non-hydrogen) atoms. The van der Waals surface area contributed by atoms with Crippen LogP contribution in [0, 0.1) is 0 Å². The van der Waals surface area contributed by atoms with Gasteiger partial charge in [0.15, 0.2) is 6.61 Å². The van der Waals surface area contributed by atoms with Crippen molar-refractivity contribution in [2.45, 2.75) is 0 Å². The van der Waals surface area contributed by atoms with Crippen molar-refractivity contribution in [3.8, 4) is 0 Å². The van der Waals surface area contributed by atoms with Gasteiger partial charge in [-0.3, -0.25) is 28.9 Å². The third-order valence-corrected chi connectivity index (χ3v) is 3.47. The first kappa shape index (κ1) is 18.1. The molecular formula is C16H17N3O6. The second-order valence-electron chi connectivity index (χ2n) is 5.47. The van der Waals surface area contributed by atoms with Gasteiger partial charge in [0.1, 0.15) is 6.54 Å². The number of esters is 1. The second kappa shape index (κ2) is 7.56. The van der Waals surface area contributed by atoms with E-state index in [1.807, 2.05) is 0 Å². The van der Waals surface area contributed by atoms with E-state index in [0.29, 0.717) is 0 Å². The predicted octanol–water partition coefficient (Wildman–Crippen LogP) is -0.970. The van der Waals surface area contributed by atoms with E-state index in [1.165, 1.54) is 31.1 Å². The molecule has 1 aromatic carbocycles. The number of benzene rings is 1. The first-order chi connectivity index (χ1) is 11.8. The van der Waals surface area contributed by atoms with Crippen LogP contribution in [0.15, 0.2) is 24.3 Å². The van der Waals surface area contributed by atoms with Crippen molar-refractivity contribution >= 4 is 29.6 Å². The quantitative estimate of drug-likeness (QED) is 0.523. The number of nitrogens with zero attached hydrogens (tertiary/aromatic N) is 2. The molecule has 2 rings (SSSR count). The van der Waals surface area contributed by atoms with Crippen LogP contribution in [0.1, 0.15) is 20.7 Å².